The standard InChI is InChI=1S/C31H40F3N3O6/c1-28(2,3)43-27(40)36-29(4,5)26(39)35-24(20-42-19-21-9-7-6-8-10-21)25(38)37-17-15-30(41,16-18-37)22-11-13-23(14-12-22)31(32,33)34/h6-14,24,41H,15-20H2,1-5H3,(H,35,39)(H,36,40)/t24-/m1/s1. The zero-order chi connectivity index (χ0) is 32.1. The maximum absolute atomic E-state index is 13.6. The average Bonchev–Trinajstić information content (AvgIpc) is 2.91. The summed E-state index contributed by atoms with van der Waals surface area (Å²) in [6, 6.07) is 12.5. The molecule has 3 amide bonds. The number of alkyl carbamates (subject to hydrolysis) is 1. The zero-order valence-corrected chi connectivity index (χ0v) is 25.1. The molecule has 12 heteroatoms. The van der Waals surface area contributed by atoms with Gasteiger partial charge < -0.3 is 30.1 Å². The molecule has 1 fully saturated rings. The topological polar surface area (TPSA) is 117 Å². The summed E-state index contributed by atoms with van der Waals surface area (Å²) in [5.74, 6) is -1.10. The van der Waals surface area contributed by atoms with Crippen molar-refractivity contribution in [2.45, 2.75) is 83.0 Å². The second-order valence-corrected chi connectivity index (χ2v) is 12.2. The average molecular weight is 608 g/mol. The highest BCUT2D eigenvalue weighted by atomic mass is 19.4. The summed E-state index contributed by atoms with van der Waals surface area (Å²) >= 11 is 0. The van der Waals surface area contributed by atoms with Gasteiger partial charge in [-0.15, -0.1) is 0 Å². The smallest absolute Gasteiger partial charge is 0.416 e. The maximum atomic E-state index is 13.6. The van der Waals surface area contributed by atoms with Crippen molar-refractivity contribution < 1.29 is 42.1 Å². The minimum atomic E-state index is -4.49. The highest BCUT2D eigenvalue weighted by Gasteiger charge is 2.40. The van der Waals surface area contributed by atoms with E-state index < -0.39 is 52.4 Å². The van der Waals surface area contributed by atoms with Gasteiger partial charge >= 0.3 is 12.3 Å². The first-order valence-corrected chi connectivity index (χ1v) is 14.0. The van der Waals surface area contributed by atoms with Crippen molar-refractivity contribution in [1.82, 2.24) is 15.5 Å². The fourth-order valence-electron chi connectivity index (χ4n) is 4.57. The van der Waals surface area contributed by atoms with Crippen LogP contribution in [0.25, 0.3) is 0 Å². The molecule has 0 saturated carbocycles. The lowest BCUT2D eigenvalue weighted by Crippen LogP contribution is -2.61. The van der Waals surface area contributed by atoms with E-state index in [2.05, 4.69) is 10.6 Å². The molecule has 2 aromatic carbocycles. The van der Waals surface area contributed by atoms with Gasteiger partial charge in [0.1, 0.15) is 17.2 Å². The lowest BCUT2D eigenvalue weighted by molar-refractivity contribution is -0.143. The Morgan fingerprint density at radius 1 is 0.953 bits per heavy atom. The number of ether oxygens (including phenoxy) is 2. The zero-order valence-electron chi connectivity index (χ0n) is 25.1. The lowest BCUT2D eigenvalue weighted by atomic mass is 9.84. The summed E-state index contributed by atoms with van der Waals surface area (Å²) in [5, 5.41) is 16.4. The summed E-state index contributed by atoms with van der Waals surface area (Å²) in [6.45, 7) is 8.24. The van der Waals surface area contributed by atoms with Crippen LogP contribution in [0.4, 0.5) is 18.0 Å². The number of halogens is 3. The predicted molar refractivity (Wildman–Crippen MR) is 153 cm³/mol. The molecule has 1 atom stereocenters. The van der Waals surface area contributed by atoms with Gasteiger partial charge in [0.15, 0.2) is 0 Å². The van der Waals surface area contributed by atoms with E-state index in [4.69, 9.17) is 9.47 Å². The largest absolute Gasteiger partial charge is 0.444 e. The molecule has 236 valence electrons. The van der Waals surface area contributed by atoms with Crippen molar-refractivity contribution in [1.29, 1.82) is 0 Å². The molecule has 3 N–H and O–H groups in total. The van der Waals surface area contributed by atoms with Gasteiger partial charge in [0, 0.05) is 13.1 Å². The number of alkyl halides is 3. The molecule has 43 heavy (non-hydrogen) atoms. The first-order valence-electron chi connectivity index (χ1n) is 14.0. The number of nitrogens with one attached hydrogen (secondary N) is 2. The van der Waals surface area contributed by atoms with E-state index >= 15 is 0 Å². The summed E-state index contributed by atoms with van der Waals surface area (Å²) in [5.41, 5.74) is -3.25. The Morgan fingerprint density at radius 3 is 2.07 bits per heavy atom. The van der Waals surface area contributed by atoms with Gasteiger partial charge in [-0.3, -0.25) is 9.59 Å². The van der Waals surface area contributed by atoms with Crippen LogP contribution in [0.15, 0.2) is 54.6 Å². The maximum Gasteiger partial charge on any atom is 0.416 e. The van der Waals surface area contributed by atoms with Gasteiger partial charge in [-0.05, 0) is 70.7 Å². The van der Waals surface area contributed by atoms with Gasteiger partial charge in [0.05, 0.1) is 24.4 Å². The quantitative estimate of drug-likeness (QED) is 0.386. The Bertz CT molecular complexity index is 1250. The van der Waals surface area contributed by atoms with Crippen LogP contribution in [-0.4, -0.2) is 64.8 Å². The fourth-order valence-corrected chi connectivity index (χ4v) is 4.57. The highest BCUT2D eigenvalue weighted by Crippen LogP contribution is 2.35. The van der Waals surface area contributed by atoms with E-state index in [1.165, 1.54) is 30.9 Å². The molecule has 0 aromatic heterocycles. The number of aliphatic hydroxyl groups is 1. The van der Waals surface area contributed by atoms with E-state index in [1.807, 2.05) is 30.3 Å². The molecule has 1 aliphatic heterocycles. The molecule has 0 bridgehead atoms. The molecule has 9 nitrogen and oxygen atoms in total. The molecule has 2 aromatic rings. The van der Waals surface area contributed by atoms with E-state index in [-0.39, 0.29) is 39.1 Å². The Kier molecular flexibility index (Phi) is 10.5. The molecule has 0 unspecified atom stereocenters. The minimum Gasteiger partial charge on any atom is -0.444 e. The van der Waals surface area contributed by atoms with E-state index in [0.717, 1.165) is 17.7 Å². The second-order valence-electron chi connectivity index (χ2n) is 12.2. The SMILES string of the molecule is CC(C)(C)OC(=O)NC(C)(C)C(=O)N[C@H](COCc1ccccc1)C(=O)N1CCC(O)(c2ccc(C(F)(F)F)cc2)CC1. The highest BCUT2D eigenvalue weighted by molar-refractivity contribution is 5.93. The van der Waals surface area contributed by atoms with Crippen LogP contribution in [0.5, 0.6) is 0 Å². The van der Waals surface area contributed by atoms with Gasteiger partial charge in [-0.25, -0.2) is 4.79 Å². The molecule has 1 aliphatic rings. The number of hydrogen-bond donors (Lipinski definition) is 3. The molecule has 0 radical (unpaired) electrons. The van der Waals surface area contributed by atoms with E-state index in [9.17, 15) is 32.7 Å². The third-order valence-electron chi connectivity index (χ3n) is 7.03. The molecule has 1 heterocycles. The number of likely N-dealkylation sites (tertiary alicyclic amines) is 1. The van der Waals surface area contributed by atoms with Gasteiger partial charge in [-0.1, -0.05) is 42.5 Å². The van der Waals surface area contributed by atoms with Crippen LogP contribution in [0.1, 0.15) is 64.2 Å². The van der Waals surface area contributed by atoms with Crippen LogP contribution < -0.4 is 10.6 Å². The Morgan fingerprint density at radius 2 is 1.53 bits per heavy atom. The Balaban J connectivity index is 1.70. The molecular formula is C31H40F3N3O6. The van der Waals surface area contributed by atoms with Crippen LogP contribution in [0.3, 0.4) is 0 Å². The monoisotopic (exact) mass is 607 g/mol. The molecule has 1 saturated heterocycles. The summed E-state index contributed by atoms with van der Waals surface area (Å²) in [6.07, 6.45) is -5.12. The van der Waals surface area contributed by atoms with Crippen LogP contribution in [0.2, 0.25) is 0 Å². The lowest BCUT2D eigenvalue weighted by Gasteiger charge is -2.40. The third-order valence-corrected chi connectivity index (χ3v) is 7.03. The predicted octanol–water partition coefficient (Wildman–Crippen LogP) is 4.52. The fraction of sp³-hybridized carbons (Fsp3) is 0.516. The number of amides is 3. The van der Waals surface area contributed by atoms with Crippen molar-refractivity contribution in [3.8, 4) is 0 Å². The van der Waals surface area contributed by atoms with Crippen molar-refractivity contribution >= 4 is 17.9 Å². The first kappa shape index (κ1) is 33.9. The first-order chi connectivity index (χ1) is 19.9. The summed E-state index contributed by atoms with van der Waals surface area (Å²) in [7, 11) is 0. The van der Waals surface area contributed by atoms with Crippen molar-refractivity contribution in [2.24, 2.45) is 0 Å². The number of nitrogens with zero attached hydrogens (tertiary/aromatic N) is 1. The molecule has 3 rings (SSSR count). The number of carbonyl (C=O) groups is 3. The number of hydrogen-bond acceptors (Lipinski definition) is 6. The third kappa shape index (κ3) is 9.69. The summed E-state index contributed by atoms with van der Waals surface area (Å²) < 4.78 is 50.0. The molecule has 0 spiro atoms. The minimum absolute atomic E-state index is 0.0847. The second kappa shape index (κ2) is 13.3. The number of carbonyl (C=O) groups excluding carboxylic acids is 3. The van der Waals surface area contributed by atoms with E-state index in [0.29, 0.717) is 5.56 Å². The van der Waals surface area contributed by atoms with Gasteiger partial charge in [-0.2, -0.15) is 13.2 Å². The normalized spacial score (nSPS) is 16.3. The van der Waals surface area contributed by atoms with Crippen molar-refractivity contribution in [2.75, 3.05) is 19.7 Å². The summed E-state index contributed by atoms with van der Waals surface area (Å²) in [4.78, 5) is 40.7. The molecule has 0 aliphatic carbocycles. The van der Waals surface area contributed by atoms with E-state index in [1.54, 1.807) is 20.8 Å². The van der Waals surface area contributed by atoms with Crippen molar-refractivity contribution in [3.05, 3.63) is 71.3 Å². The Hall–Kier alpha value is -3.64. The number of rotatable bonds is 9. The van der Waals surface area contributed by atoms with Crippen molar-refractivity contribution in [3.63, 3.8) is 0 Å². The van der Waals surface area contributed by atoms with Crippen LogP contribution in [-0.2, 0) is 37.4 Å². The van der Waals surface area contributed by atoms with Gasteiger partial charge in [0.2, 0.25) is 11.8 Å². The Labute approximate surface area is 249 Å². The van der Waals surface area contributed by atoms with Gasteiger partial charge in [0.25, 0.3) is 0 Å². The molecular weight excluding hydrogens is 567 g/mol. The number of piperidine rings is 1. The van der Waals surface area contributed by atoms with Crippen LogP contribution >= 0.6 is 0 Å². The van der Waals surface area contributed by atoms with Crippen LogP contribution in [0, 0.1) is 0 Å². The number of benzene rings is 2.